The Labute approximate surface area is 202 Å². The maximum absolute atomic E-state index is 13.1. The van der Waals surface area contributed by atoms with Crippen molar-refractivity contribution in [2.24, 2.45) is 0 Å². The van der Waals surface area contributed by atoms with E-state index in [0.29, 0.717) is 28.7 Å². The fourth-order valence-corrected chi connectivity index (χ4v) is 4.13. The number of aliphatic hydroxyl groups is 1. The quantitative estimate of drug-likeness (QED) is 0.544. The molecule has 2 atom stereocenters. The van der Waals surface area contributed by atoms with Gasteiger partial charge in [0.25, 0.3) is 5.56 Å². The third kappa shape index (κ3) is 6.05. The Kier molecular flexibility index (Phi) is 9.36. The molecule has 3 aromatic rings. The summed E-state index contributed by atoms with van der Waals surface area (Å²) in [6.45, 7) is 3.66. The van der Waals surface area contributed by atoms with Gasteiger partial charge >= 0.3 is 5.97 Å². The fraction of sp³-hybridized carbons (Fsp3) is 0.385. The lowest BCUT2D eigenvalue weighted by Gasteiger charge is -2.14. The van der Waals surface area contributed by atoms with Crippen molar-refractivity contribution in [2.75, 3.05) is 26.9 Å². The summed E-state index contributed by atoms with van der Waals surface area (Å²) in [5, 5.41) is 17.8. The van der Waals surface area contributed by atoms with Crippen molar-refractivity contribution in [1.82, 2.24) is 4.57 Å². The van der Waals surface area contributed by atoms with Crippen LogP contribution in [0.1, 0.15) is 35.7 Å². The molecule has 2 aromatic carbocycles. The van der Waals surface area contributed by atoms with E-state index in [4.69, 9.17) is 19.3 Å². The molecule has 3 heterocycles. The summed E-state index contributed by atoms with van der Waals surface area (Å²) in [6.07, 6.45) is 3.14. The number of carbonyl (C=O) groups is 1. The van der Waals surface area contributed by atoms with Gasteiger partial charge in [-0.1, -0.05) is 24.3 Å². The van der Waals surface area contributed by atoms with Crippen LogP contribution in [0.5, 0.6) is 5.75 Å². The topological polar surface area (TPSA) is 107 Å². The minimum absolute atomic E-state index is 0.0858. The predicted octanol–water partition coefficient (Wildman–Crippen LogP) is 3.24. The molecule has 1 aromatic heterocycles. The van der Waals surface area contributed by atoms with Gasteiger partial charge in [0.15, 0.2) is 5.56 Å². The third-order valence-electron chi connectivity index (χ3n) is 5.76. The zero-order valence-corrected chi connectivity index (χ0v) is 19.8. The van der Waals surface area contributed by atoms with E-state index in [1.807, 2.05) is 0 Å². The average molecular weight is 488 g/mol. The summed E-state index contributed by atoms with van der Waals surface area (Å²) in [4.78, 5) is 25.0. The van der Waals surface area contributed by atoms with Gasteiger partial charge in [-0.2, -0.15) is 0 Å². The standard InChI is InChI=1S/C19H16FNO4.C6H10O2.CH4O/c1-2-25-19(24)16-17(22)14-5-3-4-6-15(14)21(18(16)23)11-12-7-9-13(20)10-8-12;1-3-7-6-2-4-8-5(1)6;1-2/h3-10,22H,2,11H2,1H3;5-6H,1-4H2;2H,1H3/t;5-,6-;/m.1./s1. The van der Waals surface area contributed by atoms with Crippen LogP contribution in [0.4, 0.5) is 4.39 Å². The molecule has 0 bridgehead atoms. The fourth-order valence-electron chi connectivity index (χ4n) is 4.13. The van der Waals surface area contributed by atoms with Crippen LogP contribution in [0.2, 0.25) is 0 Å². The highest BCUT2D eigenvalue weighted by molar-refractivity contribution is 5.99. The predicted molar refractivity (Wildman–Crippen MR) is 128 cm³/mol. The van der Waals surface area contributed by atoms with Gasteiger partial charge in [-0.05, 0) is 49.6 Å². The van der Waals surface area contributed by atoms with Crippen molar-refractivity contribution >= 4 is 16.9 Å². The van der Waals surface area contributed by atoms with E-state index in [1.54, 1.807) is 43.3 Å². The molecular weight excluding hydrogens is 457 g/mol. The summed E-state index contributed by atoms with van der Waals surface area (Å²) < 4.78 is 30.1. The molecule has 0 saturated carbocycles. The molecule has 188 valence electrons. The highest BCUT2D eigenvalue weighted by atomic mass is 19.1. The van der Waals surface area contributed by atoms with E-state index in [-0.39, 0.29) is 19.0 Å². The van der Waals surface area contributed by atoms with E-state index in [0.717, 1.165) is 33.2 Å². The van der Waals surface area contributed by atoms with Gasteiger partial charge in [-0.25, -0.2) is 9.18 Å². The Balaban J connectivity index is 0.000000283. The third-order valence-corrected chi connectivity index (χ3v) is 5.76. The van der Waals surface area contributed by atoms with Crippen LogP contribution in [-0.2, 0) is 20.8 Å². The Morgan fingerprint density at radius 1 is 1.06 bits per heavy atom. The summed E-state index contributed by atoms with van der Waals surface area (Å²) in [5.41, 5.74) is 0.109. The summed E-state index contributed by atoms with van der Waals surface area (Å²) in [7, 11) is 1.00. The summed E-state index contributed by atoms with van der Waals surface area (Å²) >= 11 is 0. The normalized spacial score (nSPS) is 18.2. The second-order valence-electron chi connectivity index (χ2n) is 7.87. The second-order valence-corrected chi connectivity index (χ2v) is 7.87. The molecule has 2 aliphatic rings. The molecule has 35 heavy (non-hydrogen) atoms. The van der Waals surface area contributed by atoms with Gasteiger partial charge in [0.05, 0.1) is 30.9 Å². The Hall–Kier alpha value is -3.27. The van der Waals surface area contributed by atoms with Crippen molar-refractivity contribution in [2.45, 2.75) is 38.5 Å². The highest BCUT2D eigenvalue weighted by Crippen LogP contribution is 2.27. The number of hydrogen-bond acceptors (Lipinski definition) is 7. The minimum Gasteiger partial charge on any atom is -0.506 e. The molecule has 8 nitrogen and oxygen atoms in total. The lowest BCUT2D eigenvalue weighted by atomic mass is 10.1. The number of para-hydroxylation sites is 1. The Bertz CT molecular complexity index is 1170. The van der Waals surface area contributed by atoms with Crippen LogP contribution >= 0.6 is 0 Å². The number of ether oxygens (including phenoxy) is 3. The number of esters is 1. The molecule has 9 heteroatoms. The van der Waals surface area contributed by atoms with Crippen LogP contribution in [0.3, 0.4) is 0 Å². The van der Waals surface area contributed by atoms with E-state index in [2.05, 4.69) is 0 Å². The van der Waals surface area contributed by atoms with Crippen LogP contribution in [0.25, 0.3) is 10.9 Å². The number of carbonyl (C=O) groups excluding carboxylic acids is 1. The molecule has 2 saturated heterocycles. The SMILES string of the molecule is C1C[C@H]2OCC[C@H]2O1.CCOC(=O)c1c(O)c2ccccc2n(Cc2ccc(F)cc2)c1=O.CO. The molecule has 2 N–H and O–H groups in total. The number of benzene rings is 2. The Morgan fingerprint density at radius 3 is 2.26 bits per heavy atom. The number of hydrogen-bond donors (Lipinski definition) is 2. The minimum atomic E-state index is -0.872. The molecular formula is C26H30FNO7. The number of nitrogens with zero attached hydrogens (tertiary/aromatic N) is 1. The maximum Gasteiger partial charge on any atom is 0.347 e. The largest absolute Gasteiger partial charge is 0.506 e. The molecule has 5 rings (SSSR count). The highest BCUT2D eigenvalue weighted by Gasteiger charge is 2.33. The summed E-state index contributed by atoms with van der Waals surface area (Å²) in [5.74, 6) is -1.64. The first-order valence-corrected chi connectivity index (χ1v) is 11.4. The van der Waals surface area contributed by atoms with E-state index < -0.39 is 22.8 Å². The molecule has 0 spiro atoms. The lowest BCUT2D eigenvalue weighted by molar-refractivity contribution is 0.0520. The first kappa shape index (κ1) is 26.3. The molecule has 0 amide bonds. The molecule has 0 unspecified atom stereocenters. The monoisotopic (exact) mass is 487 g/mol. The molecule has 0 radical (unpaired) electrons. The number of aromatic hydroxyl groups is 1. The molecule has 2 aliphatic heterocycles. The van der Waals surface area contributed by atoms with Crippen LogP contribution in [-0.4, -0.2) is 59.9 Å². The van der Waals surface area contributed by atoms with Crippen LogP contribution in [0, 0.1) is 5.82 Å². The Morgan fingerprint density at radius 2 is 1.66 bits per heavy atom. The number of pyridine rings is 1. The number of fused-ring (bicyclic) bond motifs is 2. The lowest BCUT2D eigenvalue weighted by Crippen LogP contribution is -2.28. The van der Waals surface area contributed by atoms with E-state index in [9.17, 15) is 19.1 Å². The van der Waals surface area contributed by atoms with Gasteiger partial charge in [0, 0.05) is 25.7 Å². The second kappa shape index (κ2) is 12.4. The van der Waals surface area contributed by atoms with Crippen molar-refractivity contribution in [3.05, 3.63) is 75.8 Å². The number of aromatic nitrogens is 1. The zero-order valence-electron chi connectivity index (χ0n) is 19.8. The number of rotatable bonds is 4. The maximum atomic E-state index is 13.1. The van der Waals surface area contributed by atoms with Gasteiger partial charge in [0.2, 0.25) is 0 Å². The van der Waals surface area contributed by atoms with Crippen LogP contribution < -0.4 is 5.56 Å². The van der Waals surface area contributed by atoms with Gasteiger partial charge in [-0.3, -0.25) is 4.79 Å². The van der Waals surface area contributed by atoms with Gasteiger partial charge in [0.1, 0.15) is 11.6 Å². The van der Waals surface area contributed by atoms with Gasteiger partial charge in [-0.15, -0.1) is 0 Å². The molecule has 0 aliphatic carbocycles. The van der Waals surface area contributed by atoms with Crippen LogP contribution in [0.15, 0.2) is 53.3 Å². The van der Waals surface area contributed by atoms with Crippen molar-refractivity contribution < 1.29 is 33.6 Å². The van der Waals surface area contributed by atoms with Crippen molar-refractivity contribution in [3.8, 4) is 5.75 Å². The van der Waals surface area contributed by atoms with Crippen molar-refractivity contribution in [3.63, 3.8) is 0 Å². The summed E-state index contributed by atoms with van der Waals surface area (Å²) in [6, 6.07) is 12.4. The first-order valence-electron chi connectivity index (χ1n) is 11.4. The first-order chi connectivity index (χ1) is 17.0. The van der Waals surface area contributed by atoms with Gasteiger partial charge < -0.3 is 29.0 Å². The van der Waals surface area contributed by atoms with Crippen molar-refractivity contribution in [1.29, 1.82) is 0 Å². The molecule has 2 fully saturated rings. The number of halogens is 1. The zero-order chi connectivity index (χ0) is 25.4. The number of aliphatic hydroxyl groups excluding tert-OH is 1. The van der Waals surface area contributed by atoms with E-state index in [1.165, 1.54) is 16.7 Å². The smallest absolute Gasteiger partial charge is 0.347 e. The van der Waals surface area contributed by atoms with E-state index >= 15 is 0 Å². The average Bonchev–Trinajstić information content (AvgIpc) is 3.51.